The molecule has 282 valence electrons. The largest absolute Gasteiger partial charge is 0.379 e. The lowest BCUT2D eigenvalue weighted by atomic mass is 9.70. The summed E-state index contributed by atoms with van der Waals surface area (Å²) in [5.74, 6) is -2.42. The van der Waals surface area contributed by atoms with Gasteiger partial charge < -0.3 is 30.9 Å². The number of amides is 5. The Bertz CT molecular complexity index is 1350. The van der Waals surface area contributed by atoms with Gasteiger partial charge in [-0.3, -0.25) is 19.2 Å². The molecule has 2 saturated heterocycles. The Kier molecular flexibility index (Phi) is 12.8. The van der Waals surface area contributed by atoms with Gasteiger partial charge in [-0.1, -0.05) is 58.8 Å². The highest BCUT2D eigenvalue weighted by Crippen LogP contribution is 2.40. The minimum atomic E-state index is -3.68. The molecule has 0 aromatic heterocycles. The maximum atomic E-state index is 14.5. The van der Waals surface area contributed by atoms with Crippen LogP contribution in [0.1, 0.15) is 117 Å². The van der Waals surface area contributed by atoms with Crippen LogP contribution >= 0.6 is 0 Å². The van der Waals surface area contributed by atoms with Crippen molar-refractivity contribution in [2.75, 3.05) is 38.6 Å². The number of nitrogens with zero attached hydrogens (tertiary/aromatic N) is 2. The first-order valence-corrected chi connectivity index (χ1v) is 20.6. The molecule has 0 radical (unpaired) electrons. The number of Topliss-reactive ketones (excluding diaryl/α,β-unsaturated/α-hetero) is 1. The van der Waals surface area contributed by atoms with Crippen LogP contribution in [-0.2, 0) is 33.9 Å². The lowest BCUT2D eigenvalue weighted by Crippen LogP contribution is -2.64. The standard InChI is InChI=1S/C35H58N6O8S/c1-3-11-26(28(42)31(44)36-25-13-14-25)37-30(43)27-12-10-19-41(27)32(45)29(34(2)15-6-4-7-16-34)38-33(46)39-35(17-8-5-9-18-35)24-50(47,48)40-20-22-49-23-21-40/h25-27,29H,3-24H2,1-2H3,(H,36,44)(H,37,43)(H2,38,39,46)/t26-,27-,29+/m0/s1. The van der Waals surface area contributed by atoms with Gasteiger partial charge in [0, 0.05) is 25.7 Å². The second kappa shape index (κ2) is 16.7. The number of likely N-dealkylation sites (tertiary alicyclic amines) is 1. The third kappa shape index (κ3) is 9.55. The Morgan fingerprint density at radius 2 is 1.48 bits per heavy atom. The number of ether oxygens (including phenoxy) is 1. The molecule has 5 aliphatic rings. The summed E-state index contributed by atoms with van der Waals surface area (Å²) in [7, 11) is -3.68. The zero-order valence-electron chi connectivity index (χ0n) is 29.9. The van der Waals surface area contributed by atoms with Crippen molar-refractivity contribution in [3.05, 3.63) is 0 Å². The summed E-state index contributed by atoms with van der Waals surface area (Å²) >= 11 is 0. The smallest absolute Gasteiger partial charge is 0.315 e. The first kappa shape index (κ1) is 38.5. The Labute approximate surface area is 297 Å². The summed E-state index contributed by atoms with van der Waals surface area (Å²) in [6.45, 7) is 5.44. The number of hydrogen-bond donors (Lipinski definition) is 4. The quantitative estimate of drug-likeness (QED) is 0.197. The Morgan fingerprint density at radius 3 is 2.10 bits per heavy atom. The van der Waals surface area contributed by atoms with Gasteiger partial charge in [0.15, 0.2) is 0 Å². The van der Waals surface area contributed by atoms with E-state index in [1.807, 2.05) is 13.8 Å². The van der Waals surface area contributed by atoms with E-state index in [2.05, 4.69) is 21.3 Å². The van der Waals surface area contributed by atoms with Crippen LogP contribution in [0.2, 0.25) is 0 Å². The van der Waals surface area contributed by atoms with Crippen LogP contribution < -0.4 is 21.3 Å². The number of carbonyl (C=O) groups excluding carboxylic acids is 5. The van der Waals surface area contributed by atoms with Crippen LogP contribution in [0.5, 0.6) is 0 Å². The first-order chi connectivity index (χ1) is 23.9. The van der Waals surface area contributed by atoms with Crippen LogP contribution in [0.3, 0.4) is 0 Å². The molecule has 0 aromatic carbocycles. The number of hydrogen-bond acceptors (Lipinski definition) is 8. The van der Waals surface area contributed by atoms with Gasteiger partial charge in [-0.25, -0.2) is 13.2 Å². The molecular formula is C35H58N6O8S. The molecule has 5 fully saturated rings. The number of ketones is 1. The topological polar surface area (TPSA) is 183 Å². The maximum Gasteiger partial charge on any atom is 0.315 e. The molecule has 0 unspecified atom stereocenters. The lowest BCUT2D eigenvalue weighted by Gasteiger charge is -2.44. The third-order valence-electron chi connectivity index (χ3n) is 11.4. The van der Waals surface area contributed by atoms with Crippen LogP contribution in [0.25, 0.3) is 0 Å². The molecule has 4 N–H and O–H groups in total. The Morgan fingerprint density at radius 1 is 0.840 bits per heavy atom. The highest BCUT2D eigenvalue weighted by Gasteiger charge is 2.48. The van der Waals surface area contributed by atoms with E-state index in [9.17, 15) is 32.4 Å². The molecule has 3 saturated carbocycles. The Balaban J connectivity index is 1.31. The molecule has 0 spiro atoms. The summed E-state index contributed by atoms with van der Waals surface area (Å²) in [6, 6.07) is -3.34. The number of rotatable bonds is 14. The Hall–Kier alpha value is -2.78. The molecule has 2 aliphatic heterocycles. The van der Waals surface area contributed by atoms with E-state index in [-0.39, 0.29) is 30.8 Å². The van der Waals surface area contributed by atoms with Crippen LogP contribution in [0.15, 0.2) is 0 Å². The van der Waals surface area contributed by atoms with Crippen molar-refractivity contribution in [3.8, 4) is 0 Å². The number of sulfonamides is 1. The van der Waals surface area contributed by atoms with Gasteiger partial charge in [-0.05, 0) is 63.2 Å². The van der Waals surface area contributed by atoms with E-state index >= 15 is 0 Å². The molecule has 5 amide bonds. The highest BCUT2D eigenvalue weighted by atomic mass is 32.2. The van der Waals surface area contributed by atoms with Gasteiger partial charge in [0.05, 0.1) is 30.5 Å². The van der Waals surface area contributed by atoms with Crippen LogP contribution in [0, 0.1) is 5.41 Å². The molecule has 0 aromatic rings. The fourth-order valence-corrected chi connectivity index (χ4v) is 10.3. The van der Waals surface area contributed by atoms with Gasteiger partial charge in [0.1, 0.15) is 12.1 Å². The SMILES string of the molecule is CCC[C@H](NC(=O)[C@@H]1CCCN1C(=O)[C@@H](NC(=O)NC1(CS(=O)(=O)N2CCOCC2)CCCCC1)C1(C)CCCCC1)C(=O)C(=O)NC1CC1. The first-order valence-electron chi connectivity index (χ1n) is 19.0. The summed E-state index contributed by atoms with van der Waals surface area (Å²) in [5, 5.41) is 11.6. The average molecular weight is 723 g/mol. The predicted molar refractivity (Wildman–Crippen MR) is 186 cm³/mol. The van der Waals surface area contributed by atoms with Crippen molar-refractivity contribution in [1.29, 1.82) is 0 Å². The fraction of sp³-hybridized carbons (Fsp3) is 0.857. The van der Waals surface area contributed by atoms with Crippen molar-refractivity contribution >= 4 is 39.6 Å². The number of urea groups is 1. The summed E-state index contributed by atoms with van der Waals surface area (Å²) in [4.78, 5) is 69.3. The zero-order chi connectivity index (χ0) is 35.9. The van der Waals surface area contributed by atoms with E-state index < -0.39 is 62.7 Å². The fourth-order valence-electron chi connectivity index (χ4n) is 8.33. The van der Waals surface area contributed by atoms with Gasteiger partial charge in [0.2, 0.25) is 27.6 Å². The zero-order valence-corrected chi connectivity index (χ0v) is 30.8. The normalized spacial score (nSPS) is 25.2. The van der Waals surface area contributed by atoms with E-state index in [4.69, 9.17) is 4.74 Å². The molecule has 0 bridgehead atoms. The molecule has 50 heavy (non-hydrogen) atoms. The number of nitrogens with one attached hydrogen (secondary N) is 4. The van der Waals surface area contributed by atoms with E-state index in [1.165, 1.54) is 9.21 Å². The second-order valence-corrected chi connectivity index (χ2v) is 17.5. The lowest BCUT2D eigenvalue weighted by molar-refractivity contribution is -0.144. The van der Waals surface area contributed by atoms with Crippen molar-refractivity contribution in [2.24, 2.45) is 5.41 Å². The maximum absolute atomic E-state index is 14.5. The highest BCUT2D eigenvalue weighted by molar-refractivity contribution is 7.89. The van der Waals surface area contributed by atoms with Crippen LogP contribution in [-0.4, -0.2) is 115 Å². The number of morpholine rings is 1. The molecule has 3 aliphatic carbocycles. The average Bonchev–Trinajstić information content (AvgIpc) is 3.77. The van der Waals surface area contributed by atoms with Crippen molar-refractivity contribution in [2.45, 2.75) is 146 Å². The van der Waals surface area contributed by atoms with E-state index in [1.54, 1.807) is 0 Å². The van der Waals surface area contributed by atoms with Crippen molar-refractivity contribution in [3.63, 3.8) is 0 Å². The van der Waals surface area contributed by atoms with Gasteiger partial charge >= 0.3 is 6.03 Å². The minimum absolute atomic E-state index is 0.0114. The van der Waals surface area contributed by atoms with Crippen molar-refractivity contribution in [1.82, 2.24) is 30.5 Å². The molecule has 15 heteroatoms. The summed E-state index contributed by atoms with van der Waals surface area (Å²) in [6.07, 6.45) is 11.4. The van der Waals surface area contributed by atoms with Crippen molar-refractivity contribution < 1.29 is 37.1 Å². The molecule has 2 heterocycles. The molecule has 3 atom stereocenters. The monoisotopic (exact) mass is 722 g/mol. The van der Waals surface area contributed by atoms with Gasteiger partial charge in [-0.2, -0.15) is 4.31 Å². The second-order valence-electron chi connectivity index (χ2n) is 15.5. The predicted octanol–water partition coefficient (Wildman–Crippen LogP) is 2.11. The third-order valence-corrected chi connectivity index (χ3v) is 13.5. The molecule has 14 nitrogen and oxygen atoms in total. The summed E-state index contributed by atoms with van der Waals surface area (Å²) < 4.78 is 33.9. The van der Waals surface area contributed by atoms with E-state index in [0.717, 1.165) is 51.4 Å². The summed E-state index contributed by atoms with van der Waals surface area (Å²) in [5.41, 5.74) is -1.54. The van der Waals surface area contributed by atoms with Gasteiger partial charge in [-0.15, -0.1) is 0 Å². The molecule has 5 rings (SSSR count). The van der Waals surface area contributed by atoms with Gasteiger partial charge in [0.25, 0.3) is 5.91 Å². The number of carbonyl (C=O) groups is 5. The minimum Gasteiger partial charge on any atom is -0.379 e. The molecular weight excluding hydrogens is 664 g/mol. The van der Waals surface area contributed by atoms with Crippen LogP contribution in [0.4, 0.5) is 4.79 Å². The van der Waals surface area contributed by atoms with E-state index in [0.29, 0.717) is 71.1 Å².